The van der Waals surface area contributed by atoms with E-state index in [0.29, 0.717) is 19.0 Å². The first-order chi connectivity index (χ1) is 13.1. The van der Waals surface area contributed by atoms with Crippen LogP contribution in [-0.4, -0.2) is 58.4 Å². The molecule has 1 aliphatic rings. The van der Waals surface area contributed by atoms with E-state index in [1.807, 2.05) is 13.0 Å². The molecular formula is C19H33FIN5O2S. The third-order valence-corrected chi connectivity index (χ3v) is 5.30. The zero-order valence-electron chi connectivity index (χ0n) is 17.5. The Kier molecular flexibility index (Phi) is 10.1. The Morgan fingerprint density at radius 3 is 2.72 bits per heavy atom. The van der Waals surface area contributed by atoms with E-state index in [-0.39, 0.29) is 35.8 Å². The van der Waals surface area contributed by atoms with Gasteiger partial charge in [0.25, 0.3) is 0 Å². The second-order valence-electron chi connectivity index (χ2n) is 7.86. The van der Waals surface area contributed by atoms with E-state index in [1.54, 1.807) is 26.0 Å². The number of hydrogen-bond donors (Lipinski definition) is 3. The Morgan fingerprint density at radius 1 is 1.38 bits per heavy atom. The van der Waals surface area contributed by atoms with Crippen LogP contribution >= 0.6 is 24.0 Å². The SMILES string of the molecule is CCNC(=NCC(C)(C)NS(C)(=O)=O)NC1CCCN(c2cccc(F)c2)C1.I. The molecule has 2 rings (SSSR count). The van der Waals surface area contributed by atoms with E-state index in [0.717, 1.165) is 37.9 Å². The quantitative estimate of drug-likeness (QED) is 0.280. The molecule has 0 spiro atoms. The largest absolute Gasteiger partial charge is 0.369 e. The highest BCUT2D eigenvalue weighted by molar-refractivity contribution is 14.0. The van der Waals surface area contributed by atoms with E-state index in [4.69, 9.17) is 0 Å². The van der Waals surface area contributed by atoms with Crippen molar-refractivity contribution in [3.63, 3.8) is 0 Å². The van der Waals surface area contributed by atoms with E-state index < -0.39 is 15.6 Å². The van der Waals surface area contributed by atoms with Gasteiger partial charge >= 0.3 is 0 Å². The number of benzene rings is 1. The Balaban J connectivity index is 0.00000420. The molecule has 1 aromatic carbocycles. The number of piperidine rings is 1. The summed E-state index contributed by atoms with van der Waals surface area (Å²) in [5.41, 5.74) is 0.197. The van der Waals surface area contributed by atoms with E-state index in [9.17, 15) is 12.8 Å². The Hall–Kier alpha value is -1.14. The molecule has 29 heavy (non-hydrogen) atoms. The lowest BCUT2D eigenvalue weighted by Crippen LogP contribution is -2.52. The van der Waals surface area contributed by atoms with Crippen LogP contribution in [0.2, 0.25) is 0 Å². The zero-order valence-corrected chi connectivity index (χ0v) is 20.7. The van der Waals surface area contributed by atoms with Gasteiger partial charge < -0.3 is 15.5 Å². The van der Waals surface area contributed by atoms with Crippen molar-refractivity contribution in [1.29, 1.82) is 0 Å². The lowest BCUT2D eigenvalue weighted by atomic mass is 10.0. The number of rotatable bonds is 7. The van der Waals surface area contributed by atoms with Gasteiger partial charge in [-0.2, -0.15) is 0 Å². The summed E-state index contributed by atoms with van der Waals surface area (Å²) in [5, 5.41) is 6.65. The van der Waals surface area contributed by atoms with Gasteiger partial charge in [0.1, 0.15) is 5.82 Å². The highest BCUT2D eigenvalue weighted by Gasteiger charge is 2.24. The van der Waals surface area contributed by atoms with Gasteiger partial charge in [-0.1, -0.05) is 6.07 Å². The molecule has 0 radical (unpaired) electrons. The van der Waals surface area contributed by atoms with E-state index >= 15 is 0 Å². The Labute approximate surface area is 191 Å². The predicted molar refractivity (Wildman–Crippen MR) is 128 cm³/mol. The molecule has 1 heterocycles. The molecule has 10 heteroatoms. The predicted octanol–water partition coefficient (Wildman–Crippen LogP) is 2.30. The summed E-state index contributed by atoms with van der Waals surface area (Å²) in [7, 11) is -3.31. The fourth-order valence-corrected chi connectivity index (χ4v) is 4.39. The summed E-state index contributed by atoms with van der Waals surface area (Å²) in [6.07, 6.45) is 3.13. The first-order valence-electron chi connectivity index (χ1n) is 9.62. The highest BCUT2D eigenvalue weighted by atomic mass is 127. The van der Waals surface area contributed by atoms with Crippen LogP contribution in [0.1, 0.15) is 33.6 Å². The number of hydrogen-bond acceptors (Lipinski definition) is 4. The van der Waals surface area contributed by atoms with Gasteiger partial charge in [0.2, 0.25) is 10.0 Å². The molecule has 1 aromatic rings. The molecule has 1 fully saturated rings. The lowest BCUT2D eigenvalue weighted by molar-refractivity contribution is 0.454. The average molecular weight is 541 g/mol. The van der Waals surface area contributed by atoms with Crippen LogP contribution in [0.4, 0.5) is 10.1 Å². The number of aliphatic imine (C=N–C) groups is 1. The maximum Gasteiger partial charge on any atom is 0.209 e. The summed E-state index contributed by atoms with van der Waals surface area (Å²) >= 11 is 0. The number of nitrogens with zero attached hydrogens (tertiary/aromatic N) is 2. The van der Waals surface area contributed by atoms with Crippen molar-refractivity contribution in [2.45, 2.75) is 45.2 Å². The fraction of sp³-hybridized carbons (Fsp3) is 0.632. The van der Waals surface area contributed by atoms with Crippen molar-refractivity contribution in [1.82, 2.24) is 15.4 Å². The minimum absolute atomic E-state index is 0. The van der Waals surface area contributed by atoms with Crippen LogP contribution < -0.4 is 20.3 Å². The summed E-state index contributed by atoms with van der Waals surface area (Å²) in [6.45, 7) is 8.22. The topological polar surface area (TPSA) is 85.8 Å². The van der Waals surface area contributed by atoms with Gasteiger partial charge in [-0.05, 0) is 51.8 Å². The summed E-state index contributed by atoms with van der Waals surface area (Å²) in [6, 6.07) is 6.82. The molecule has 1 unspecified atom stereocenters. The van der Waals surface area contributed by atoms with Crippen molar-refractivity contribution in [3.8, 4) is 0 Å². The molecule has 1 atom stereocenters. The first-order valence-corrected chi connectivity index (χ1v) is 11.5. The van der Waals surface area contributed by atoms with Crippen molar-refractivity contribution in [2.24, 2.45) is 4.99 Å². The zero-order chi connectivity index (χ0) is 20.8. The molecule has 7 nitrogen and oxygen atoms in total. The van der Waals surface area contributed by atoms with Crippen LogP contribution in [0.3, 0.4) is 0 Å². The van der Waals surface area contributed by atoms with E-state index in [1.165, 1.54) is 6.07 Å². The van der Waals surface area contributed by atoms with Crippen LogP contribution in [0, 0.1) is 5.82 Å². The van der Waals surface area contributed by atoms with Crippen molar-refractivity contribution in [2.75, 3.05) is 37.3 Å². The lowest BCUT2D eigenvalue weighted by Gasteiger charge is -2.35. The molecule has 0 saturated carbocycles. The molecule has 0 amide bonds. The fourth-order valence-electron chi connectivity index (χ4n) is 3.33. The average Bonchev–Trinajstić information content (AvgIpc) is 2.58. The van der Waals surface area contributed by atoms with Gasteiger partial charge in [-0.3, -0.25) is 4.99 Å². The number of sulfonamides is 1. The third-order valence-electron chi connectivity index (χ3n) is 4.37. The van der Waals surface area contributed by atoms with Gasteiger partial charge in [-0.25, -0.2) is 17.5 Å². The van der Waals surface area contributed by atoms with Crippen molar-refractivity contribution >= 4 is 45.6 Å². The molecule has 0 aromatic heterocycles. The molecule has 0 bridgehead atoms. The second-order valence-corrected chi connectivity index (χ2v) is 9.61. The van der Waals surface area contributed by atoms with Crippen LogP contribution in [0.5, 0.6) is 0 Å². The van der Waals surface area contributed by atoms with Crippen LogP contribution in [0.25, 0.3) is 0 Å². The molecular weight excluding hydrogens is 508 g/mol. The highest BCUT2D eigenvalue weighted by Crippen LogP contribution is 2.20. The Bertz CT molecular complexity index is 789. The van der Waals surface area contributed by atoms with Crippen LogP contribution in [0.15, 0.2) is 29.3 Å². The van der Waals surface area contributed by atoms with Gasteiger partial charge in [0.05, 0.1) is 12.8 Å². The maximum atomic E-state index is 13.5. The Morgan fingerprint density at radius 2 is 2.10 bits per heavy atom. The van der Waals surface area contributed by atoms with Gasteiger partial charge in [0.15, 0.2) is 5.96 Å². The molecule has 1 aliphatic heterocycles. The molecule has 166 valence electrons. The molecule has 1 saturated heterocycles. The second kappa shape index (κ2) is 11.3. The number of anilines is 1. The van der Waals surface area contributed by atoms with Gasteiger partial charge in [-0.15, -0.1) is 24.0 Å². The summed E-state index contributed by atoms with van der Waals surface area (Å²) in [4.78, 5) is 6.73. The van der Waals surface area contributed by atoms with Crippen LogP contribution in [-0.2, 0) is 10.0 Å². The monoisotopic (exact) mass is 541 g/mol. The normalized spacial score (nSPS) is 18.2. The smallest absolute Gasteiger partial charge is 0.209 e. The minimum atomic E-state index is -3.31. The van der Waals surface area contributed by atoms with E-state index in [2.05, 4.69) is 25.2 Å². The number of nitrogens with one attached hydrogen (secondary N) is 3. The van der Waals surface area contributed by atoms with Crippen molar-refractivity contribution in [3.05, 3.63) is 30.1 Å². The number of halogens is 2. The number of guanidine groups is 1. The minimum Gasteiger partial charge on any atom is -0.369 e. The first kappa shape index (κ1) is 25.9. The molecule has 0 aliphatic carbocycles. The standard InChI is InChI=1S/C19H32FN5O2S.HI/c1-5-21-18(22-14-19(2,3)24-28(4,26)27)23-16-9-7-11-25(13-16)17-10-6-8-15(20)12-17;/h6,8,10,12,16,24H,5,7,9,11,13-14H2,1-4H3,(H2,21,22,23);1H. The van der Waals surface area contributed by atoms with Crippen molar-refractivity contribution < 1.29 is 12.8 Å². The maximum absolute atomic E-state index is 13.5. The summed E-state index contributed by atoms with van der Waals surface area (Å²) < 4.78 is 39.1. The third kappa shape index (κ3) is 9.47. The van der Waals surface area contributed by atoms with Gasteiger partial charge in [0, 0.05) is 36.9 Å². The molecule has 3 N–H and O–H groups in total. The summed E-state index contributed by atoms with van der Waals surface area (Å²) in [5.74, 6) is 0.417.